The van der Waals surface area contributed by atoms with E-state index in [1.165, 1.54) is 0 Å². The number of fused-ring (bicyclic) bond motifs is 1. The van der Waals surface area contributed by atoms with Crippen LogP contribution in [0.2, 0.25) is 0 Å². The molecule has 0 unspecified atom stereocenters. The second kappa shape index (κ2) is 6.90. The number of nitrogens with one attached hydrogen (secondary N) is 1. The average Bonchev–Trinajstić information content (AvgIpc) is 3.15. The van der Waals surface area contributed by atoms with Crippen molar-refractivity contribution >= 4 is 17.3 Å². The van der Waals surface area contributed by atoms with E-state index in [9.17, 15) is 5.11 Å². The standard InChI is InChI=1S/C24H29N5O/c1-23(2,3)18-12-17(13-19(21(18)30)24(4,5)6)28-14-20(16-10-8-7-9-11-16)26-22-27-25-15-29(22)28/h7-15,30H,1-6H3,(H,26,27). The molecule has 4 rings (SSSR count). The van der Waals surface area contributed by atoms with Crippen molar-refractivity contribution in [1.82, 2.24) is 14.9 Å². The second-order valence-corrected chi connectivity index (χ2v) is 9.77. The Kier molecular flexibility index (Phi) is 4.60. The highest BCUT2D eigenvalue weighted by molar-refractivity contribution is 5.79. The summed E-state index contributed by atoms with van der Waals surface area (Å²) in [5.74, 6) is 1.00. The number of aromatic hydroxyl groups is 1. The van der Waals surface area contributed by atoms with Gasteiger partial charge >= 0.3 is 0 Å². The van der Waals surface area contributed by atoms with Crippen molar-refractivity contribution in [2.45, 2.75) is 52.4 Å². The van der Waals surface area contributed by atoms with Crippen molar-refractivity contribution in [1.29, 1.82) is 0 Å². The Morgan fingerprint density at radius 3 is 2.07 bits per heavy atom. The highest BCUT2D eigenvalue weighted by atomic mass is 16.3. The molecule has 2 aromatic carbocycles. The maximum absolute atomic E-state index is 11.1. The zero-order valence-electron chi connectivity index (χ0n) is 18.4. The van der Waals surface area contributed by atoms with Crippen molar-refractivity contribution in [3.8, 4) is 5.75 Å². The van der Waals surface area contributed by atoms with E-state index in [-0.39, 0.29) is 10.8 Å². The summed E-state index contributed by atoms with van der Waals surface area (Å²) in [7, 11) is 0. The fraction of sp³-hybridized carbons (Fsp3) is 0.333. The molecule has 6 nitrogen and oxygen atoms in total. The first kappa shape index (κ1) is 20.0. The lowest BCUT2D eigenvalue weighted by Crippen LogP contribution is -2.30. The van der Waals surface area contributed by atoms with E-state index >= 15 is 0 Å². The lowest BCUT2D eigenvalue weighted by molar-refractivity contribution is 0.423. The van der Waals surface area contributed by atoms with Crippen LogP contribution in [-0.2, 0) is 10.8 Å². The summed E-state index contributed by atoms with van der Waals surface area (Å²) in [5.41, 5.74) is 4.33. The minimum absolute atomic E-state index is 0.212. The Labute approximate surface area is 177 Å². The van der Waals surface area contributed by atoms with Gasteiger partial charge in [-0.1, -0.05) is 71.9 Å². The maximum atomic E-state index is 11.1. The van der Waals surface area contributed by atoms with Gasteiger partial charge in [0.05, 0.1) is 17.6 Å². The average molecular weight is 404 g/mol. The Balaban J connectivity index is 1.93. The number of rotatable bonds is 2. The third-order valence-electron chi connectivity index (χ3n) is 5.32. The van der Waals surface area contributed by atoms with Crippen LogP contribution < -0.4 is 10.3 Å². The number of anilines is 2. The lowest BCUT2D eigenvalue weighted by atomic mass is 9.79. The van der Waals surface area contributed by atoms with Gasteiger partial charge in [0.2, 0.25) is 5.95 Å². The molecule has 0 radical (unpaired) electrons. The van der Waals surface area contributed by atoms with Crippen LogP contribution in [0.4, 0.5) is 11.6 Å². The van der Waals surface area contributed by atoms with Crippen LogP contribution in [-0.4, -0.2) is 20.0 Å². The van der Waals surface area contributed by atoms with Gasteiger partial charge in [-0.25, -0.2) is 4.68 Å². The Morgan fingerprint density at radius 1 is 0.900 bits per heavy atom. The van der Waals surface area contributed by atoms with Crippen molar-refractivity contribution < 1.29 is 5.11 Å². The third-order valence-corrected chi connectivity index (χ3v) is 5.32. The van der Waals surface area contributed by atoms with Crippen LogP contribution in [0.1, 0.15) is 58.2 Å². The van der Waals surface area contributed by atoms with Crippen LogP contribution in [0, 0.1) is 0 Å². The van der Waals surface area contributed by atoms with E-state index in [0.717, 1.165) is 28.1 Å². The van der Waals surface area contributed by atoms with Gasteiger partial charge in [-0.3, -0.25) is 5.01 Å². The predicted octanol–water partition coefficient (Wildman–Crippen LogP) is 5.27. The zero-order valence-corrected chi connectivity index (χ0v) is 18.4. The molecule has 0 saturated heterocycles. The molecular formula is C24H29N5O. The molecule has 2 heterocycles. The van der Waals surface area contributed by atoms with E-state index < -0.39 is 0 Å². The highest BCUT2D eigenvalue weighted by Gasteiger charge is 2.29. The fourth-order valence-corrected chi connectivity index (χ4v) is 3.67. The fourth-order valence-electron chi connectivity index (χ4n) is 3.67. The van der Waals surface area contributed by atoms with Gasteiger partial charge in [0, 0.05) is 11.1 Å². The normalized spacial score (nSPS) is 14.2. The Morgan fingerprint density at radius 2 is 1.50 bits per heavy atom. The third kappa shape index (κ3) is 3.54. The summed E-state index contributed by atoms with van der Waals surface area (Å²) in [6.07, 6.45) is 3.72. The maximum Gasteiger partial charge on any atom is 0.248 e. The topological polar surface area (TPSA) is 66.2 Å². The summed E-state index contributed by atoms with van der Waals surface area (Å²) in [4.78, 5) is 0. The monoisotopic (exact) mass is 403 g/mol. The number of phenols is 1. The number of nitrogens with zero attached hydrogens (tertiary/aromatic N) is 4. The molecular weight excluding hydrogens is 374 g/mol. The first-order valence-corrected chi connectivity index (χ1v) is 10.2. The number of benzene rings is 2. The largest absolute Gasteiger partial charge is 0.507 e. The predicted molar refractivity (Wildman–Crippen MR) is 121 cm³/mol. The first-order valence-electron chi connectivity index (χ1n) is 10.2. The molecule has 1 aromatic heterocycles. The molecule has 1 aliphatic rings. The van der Waals surface area contributed by atoms with Crippen molar-refractivity contribution in [2.75, 3.05) is 10.3 Å². The summed E-state index contributed by atoms with van der Waals surface area (Å²) in [6, 6.07) is 14.2. The summed E-state index contributed by atoms with van der Waals surface area (Å²) < 4.78 is 1.87. The molecule has 0 spiro atoms. The smallest absolute Gasteiger partial charge is 0.248 e. The van der Waals surface area contributed by atoms with Gasteiger partial charge < -0.3 is 10.4 Å². The number of phenolic OH excluding ortho intramolecular Hbond substituents is 1. The van der Waals surface area contributed by atoms with Gasteiger partial charge in [0.1, 0.15) is 12.1 Å². The van der Waals surface area contributed by atoms with E-state index in [2.05, 4.69) is 81.3 Å². The molecule has 156 valence electrons. The highest BCUT2D eigenvalue weighted by Crippen LogP contribution is 2.42. The van der Waals surface area contributed by atoms with Crippen LogP contribution in [0.5, 0.6) is 5.75 Å². The molecule has 0 amide bonds. The van der Waals surface area contributed by atoms with E-state index in [1.54, 1.807) is 6.33 Å². The second-order valence-electron chi connectivity index (χ2n) is 9.77. The van der Waals surface area contributed by atoms with Crippen molar-refractivity contribution in [2.24, 2.45) is 0 Å². The minimum Gasteiger partial charge on any atom is -0.507 e. The molecule has 0 atom stereocenters. The zero-order chi connectivity index (χ0) is 21.7. The Bertz CT molecular complexity index is 1070. The molecule has 0 saturated carbocycles. The van der Waals surface area contributed by atoms with Crippen molar-refractivity contribution in [3.63, 3.8) is 0 Å². The molecule has 2 N–H and O–H groups in total. The Hall–Kier alpha value is -3.28. The van der Waals surface area contributed by atoms with Crippen LogP contribution >= 0.6 is 0 Å². The van der Waals surface area contributed by atoms with Gasteiger partial charge in [-0.15, -0.1) is 10.2 Å². The molecule has 0 fully saturated rings. The van der Waals surface area contributed by atoms with E-state index in [4.69, 9.17) is 0 Å². The van der Waals surface area contributed by atoms with Crippen LogP contribution in [0.25, 0.3) is 5.70 Å². The van der Waals surface area contributed by atoms with Gasteiger partial charge in [-0.05, 0) is 28.5 Å². The van der Waals surface area contributed by atoms with Gasteiger partial charge in [0.15, 0.2) is 0 Å². The molecule has 6 heteroatoms. The summed E-state index contributed by atoms with van der Waals surface area (Å²) in [6.45, 7) is 12.7. The number of aromatic nitrogens is 3. The molecule has 0 bridgehead atoms. The number of hydrogen-bond donors (Lipinski definition) is 2. The molecule has 1 aliphatic heterocycles. The summed E-state index contributed by atoms with van der Waals surface area (Å²) >= 11 is 0. The lowest BCUT2D eigenvalue weighted by Gasteiger charge is -2.33. The first-order chi connectivity index (χ1) is 14.1. The van der Waals surface area contributed by atoms with Crippen LogP contribution in [0.3, 0.4) is 0 Å². The quantitative estimate of drug-likeness (QED) is 0.610. The molecule has 0 aliphatic carbocycles. The molecule has 3 aromatic rings. The van der Waals surface area contributed by atoms with E-state index in [1.807, 2.05) is 34.1 Å². The minimum atomic E-state index is -0.212. The van der Waals surface area contributed by atoms with Gasteiger partial charge in [-0.2, -0.15) is 0 Å². The van der Waals surface area contributed by atoms with Crippen LogP contribution in [0.15, 0.2) is 55.0 Å². The van der Waals surface area contributed by atoms with E-state index in [0.29, 0.717) is 11.7 Å². The summed E-state index contributed by atoms with van der Waals surface area (Å²) in [5, 5.41) is 24.8. The van der Waals surface area contributed by atoms with Crippen molar-refractivity contribution in [3.05, 3.63) is 71.7 Å². The SMILES string of the molecule is CC(C)(C)c1cc(N2C=C(c3ccccc3)Nc3nncn32)cc(C(C)(C)C)c1O. The molecule has 30 heavy (non-hydrogen) atoms. The number of hydrogen-bond acceptors (Lipinski definition) is 5. The van der Waals surface area contributed by atoms with Gasteiger partial charge in [0.25, 0.3) is 0 Å².